The summed E-state index contributed by atoms with van der Waals surface area (Å²) in [7, 11) is -2.92. The van der Waals surface area contributed by atoms with Crippen LogP contribution in [-0.4, -0.2) is 41.0 Å². The molecule has 0 aliphatic carbocycles. The van der Waals surface area contributed by atoms with Crippen LogP contribution in [0.4, 0.5) is 0 Å². The summed E-state index contributed by atoms with van der Waals surface area (Å²) in [5.41, 5.74) is 0. The van der Waals surface area contributed by atoms with Crippen molar-refractivity contribution < 1.29 is 101 Å². The Labute approximate surface area is 145 Å². The van der Waals surface area contributed by atoms with Crippen molar-refractivity contribution in [2.75, 3.05) is 0 Å². The van der Waals surface area contributed by atoms with Crippen molar-refractivity contribution >= 4 is 30.8 Å². The maximum absolute atomic E-state index is 9.54. The van der Waals surface area contributed by atoms with Crippen molar-refractivity contribution in [3.05, 3.63) is 0 Å². The number of carboxylic acid groups (broad SMARTS) is 2. The first-order valence-electron chi connectivity index (χ1n) is 3.47. The van der Waals surface area contributed by atoms with Crippen LogP contribution < -0.4 is 71.7 Å². The van der Waals surface area contributed by atoms with Gasteiger partial charge in [0.1, 0.15) is 0 Å². The quantitative estimate of drug-likeness (QED) is 0.358. The molecule has 0 aromatic carbocycles. The van der Waals surface area contributed by atoms with Crippen molar-refractivity contribution in [2.24, 2.45) is 0 Å². The molecule has 2 N–H and O–H groups in total. The van der Waals surface area contributed by atoms with Gasteiger partial charge in [0.05, 0.1) is 0 Å². The second kappa shape index (κ2) is 23.1. The third-order valence-electron chi connectivity index (χ3n) is 0.602. The van der Waals surface area contributed by atoms with Gasteiger partial charge in [-0.05, 0) is 0 Å². The van der Waals surface area contributed by atoms with Crippen LogP contribution in [0.2, 0.25) is 0 Å². The van der Waals surface area contributed by atoms with Gasteiger partial charge in [-0.2, -0.15) is 0 Å². The Kier molecular flexibility index (Phi) is 44.4. The number of carboxylic acids is 2. The molecular weight excluding hydrogens is 248 g/mol. The van der Waals surface area contributed by atoms with Crippen molar-refractivity contribution in [3.8, 4) is 0 Å². The van der Waals surface area contributed by atoms with E-state index in [2.05, 4.69) is 0 Å². The fraction of sp³-hybridized carbons (Fsp3) is 0.333. The van der Waals surface area contributed by atoms with Crippen molar-refractivity contribution in [3.63, 3.8) is 0 Å². The molecule has 0 aliphatic heterocycles. The molecule has 0 atom stereocenters. The zero-order valence-corrected chi connectivity index (χ0v) is 11.3. The Bertz CT molecular complexity index is 220. The Morgan fingerprint density at radius 3 is 0.789 bits per heavy atom. The van der Waals surface area contributed by atoms with Crippen molar-refractivity contribution in [1.82, 2.24) is 0 Å². The van der Waals surface area contributed by atoms with Gasteiger partial charge in [-0.1, -0.05) is 0 Å². The molecule has 19 heavy (non-hydrogen) atoms. The Morgan fingerprint density at radius 1 is 0.737 bits per heavy atom. The van der Waals surface area contributed by atoms with E-state index in [0.29, 0.717) is 0 Å². The predicted molar refractivity (Wildman–Crippen MR) is 42.4 cm³/mol. The van der Waals surface area contributed by atoms with Gasteiger partial charge in [-0.15, -0.1) is 0 Å². The topological polar surface area (TPSA) is 178 Å². The first-order chi connectivity index (χ1) is 7.02. The maximum atomic E-state index is 9.54. The Balaban J connectivity index is -0.0000000315. The van der Waals surface area contributed by atoms with Gasteiger partial charge in [-0.3, -0.25) is 16.9 Å². The number of carbonyl (C=O) groups is 4. The minimum absolute atomic E-state index is 0. The van der Waals surface area contributed by atoms with Gasteiger partial charge in [-0.25, -0.2) is 9.59 Å². The zero-order chi connectivity index (χ0) is 13.9. The van der Waals surface area contributed by atoms with Crippen molar-refractivity contribution in [2.45, 2.75) is 13.8 Å². The summed E-state index contributed by atoms with van der Waals surface area (Å²) in [6.45, 7) is 2.00. The van der Waals surface area contributed by atoms with E-state index in [9.17, 15) is 19.2 Å². The summed E-state index contributed by atoms with van der Waals surface area (Å²) >= 11 is 0. The van der Waals surface area contributed by atoms with Crippen LogP contribution in [0, 0.1) is 0 Å². The first kappa shape index (κ1) is 36.4. The van der Waals surface area contributed by atoms with E-state index in [1.807, 2.05) is 0 Å². The molecule has 0 unspecified atom stereocenters. The molecule has 0 radical (unpaired) electrons. The van der Waals surface area contributed by atoms with Crippen LogP contribution in [0.1, 0.15) is 13.8 Å². The van der Waals surface area contributed by atoms with Crippen LogP contribution in [0.15, 0.2) is 0 Å². The van der Waals surface area contributed by atoms with Crippen LogP contribution >= 0.6 is 0 Å². The minimum Gasteiger partial charge on any atom is -0.907 e. The van der Waals surface area contributed by atoms with E-state index in [-0.39, 0.29) is 56.6 Å². The molecule has 0 aromatic heterocycles. The molecular formula is C6H8BLi3O9. The van der Waals surface area contributed by atoms with E-state index in [1.54, 1.807) is 0 Å². The molecule has 0 spiro atoms. The molecule has 9 nitrogen and oxygen atoms in total. The summed E-state index contributed by atoms with van der Waals surface area (Å²) < 4.78 is 0. The molecule has 0 saturated carbocycles. The van der Waals surface area contributed by atoms with Crippen molar-refractivity contribution in [1.29, 1.82) is 0 Å². The van der Waals surface area contributed by atoms with Gasteiger partial charge in [0.2, 0.25) is 11.6 Å². The molecule has 0 amide bonds. The number of hydrogen-bond acceptors (Lipinski definition) is 7. The number of ketones is 2. The number of Topliss-reactive ketones (excluding diaryl/α,β-unsaturated/α-hetero) is 2. The SMILES string of the molecule is CC(=O)C(=O)O.CC(=O)C(=O)O.[Li+].[Li+].[Li+].[O-]B([O-])[O-]. The van der Waals surface area contributed by atoms with Crippen LogP contribution in [-0.2, 0) is 19.2 Å². The smallest absolute Gasteiger partial charge is 0.907 e. The second-order valence-corrected chi connectivity index (χ2v) is 2.01. The maximum Gasteiger partial charge on any atom is 1.00 e. The summed E-state index contributed by atoms with van der Waals surface area (Å²) in [5.74, 6) is -4.41. The van der Waals surface area contributed by atoms with E-state index in [4.69, 9.17) is 25.3 Å². The second-order valence-electron chi connectivity index (χ2n) is 2.01. The summed E-state index contributed by atoms with van der Waals surface area (Å²) in [6, 6.07) is 0. The van der Waals surface area contributed by atoms with Crippen LogP contribution in [0.5, 0.6) is 0 Å². The molecule has 0 aromatic rings. The minimum atomic E-state index is -2.92. The molecule has 13 heteroatoms. The number of rotatable bonds is 2. The standard InChI is InChI=1S/2C3H4O3.BO3.3Li/c2*1-2(4)3(5)6;2-1(3)4;;;/h2*1H3,(H,5,6);;;;/q;;-3;3*+1. The van der Waals surface area contributed by atoms with Gasteiger partial charge in [0.25, 0.3) is 0 Å². The zero-order valence-electron chi connectivity index (χ0n) is 11.3. The third-order valence-corrected chi connectivity index (χ3v) is 0.602. The Morgan fingerprint density at radius 2 is 0.789 bits per heavy atom. The molecule has 0 aliphatic rings. The molecule has 0 rings (SSSR count). The summed E-state index contributed by atoms with van der Waals surface area (Å²) in [6.07, 6.45) is 0. The normalized spacial score (nSPS) is 6.16. The monoisotopic (exact) mass is 256 g/mol. The number of carbonyl (C=O) groups excluding carboxylic acids is 2. The fourth-order valence-corrected chi connectivity index (χ4v) is 0. The number of aliphatic carboxylic acids is 2. The third kappa shape index (κ3) is 71.9. The van der Waals surface area contributed by atoms with Gasteiger partial charge < -0.3 is 25.3 Å². The largest absolute Gasteiger partial charge is 1.00 e. The molecule has 0 bridgehead atoms. The fourth-order valence-electron chi connectivity index (χ4n) is 0. The summed E-state index contributed by atoms with van der Waals surface area (Å²) in [5, 5.41) is 40.5. The van der Waals surface area contributed by atoms with Crippen LogP contribution in [0.3, 0.4) is 0 Å². The van der Waals surface area contributed by atoms with E-state index in [1.165, 1.54) is 0 Å². The van der Waals surface area contributed by atoms with Gasteiger partial charge in [0.15, 0.2) is 0 Å². The molecule has 92 valence electrons. The molecule has 0 saturated heterocycles. The van der Waals surface area contributed by atoms with E-state index in [0.717, 1.165) is 13.8 Å². The average Bonchev–Trinajstić information content (AvgIpc) is 2.03. The first-order valence-corrected chi connectivity index (χ1v) is 3.47. The van der Waals surface area contributed by atoms with Gasteiger partial charge >= 0.3 is 68.5 Å². The van der Waals surface area contributed by atoms with Gasteiger partial charge in [0, 0.05) is 13.8 Å². The Hall–Kier alpha value is 0.0171. The molecule has 0 fully saturated rings. The molecule has 0 heterocycles. The van der Waals surface area contributed by atoms with E-state index >= 15 is 0 Å². The number of hydrogen-bond donors (Lipinski definition) is 2. The average molecular weight is 256 g/mol. The summed E-state index contributed by atoms with van der Waals surface area (Å²) in [4.78, 5) is 37.8. The predicted octanol–water partition coefficient (Wildman–Crippen LogP) is -13.6. The van der Waals surface area contributed by atoms with E-state index < -0.39 is 30.8 Å². The van der Waals surface area contributed by atoms with Crippen LogP contribution in [0.25, 0.3) is 0 Å².